The van der Waals surface area contributed by atoms with E-state index in [2.05, 4.69) is 39.8 Å². The van der Waals surface area contributed by atoms with Crippen LogP contribution in [0.3, 0.4) is 0 Å². The van der Waals surface area contributed by atoms with Crippen molar-refractivity contribution in [2.45, 2.75) is 53.4 Å². The van der Waals surface area contributed by atoms with E-state index >= 15 is 0 Å². The first-order valence-electron chi connectivity index (χ1n) is 6.09. The predicted molar refractivity (Wildman–Crippen MR) is 68.1 cm³/mol. The lowest BCUT2D eigenvalue weighted by molar-refractivity contribution is 0.192. The summed E-state index contributed by atoms with van der Waals surface area (Å²) in [4.78, 5) is 0. The summed E-state index contributed by atoms with van der Waals surface area (Å²) >= 11 is 0. The molecule has 0 aliphatic heterocycles. The molecule has 0 rings (SSSR count). The lowest BCUT2D eigenvalue weighted by Gasteiger charge is -2.01. The Morgan fingerprint density at radius 2 is 1.27 bits per heavy atom. The normalized spacial score (nSPS) is 13.3. The predicted octanol–water partition coefficient (Wildman–Crippen LogP) is 4.50. The van der Waals surface area contributed by atoms with Crippen LogP contribution in [0, 0.1) is 0 Å². The topological polar surface area (TPSA) is 9.23 Å². The fourth-order valence-electron chi connectivity index (χ4n) is 1.46. The van der Waals surface area contributed by atoms with E-state index in [4.69, 9.17) is 4.74 Å². The minimum atomic E-state index is 0.752. The van der Waals surface area contributed by atoms with Gasteiger partial charge in [0.25, 0.3) is 0 Å². The van der Waals surface area contributed by atoms with Crippen molar-refractivity contribution < 1.29 is 4.74 Å². The molecule has 0 spiro atoms. The third-order valence-corrected chi connectivity index (χ3v) is 2.39. The molecular formula is C14H26O. The lowest BCUT2D eigenvalue weighted by Crippen LogP contribution is -1.93. The van der Waals surface area contributed by atoms with Gasteiger partial charge in [-0.2, -0.15) is 0 Å². The summed E-state index contributed by atoms with van der Waals surface area (Å²) in [5.74, 6) is 0. The molecule has 0 N–H and O–H groups in total. The van der Waals surface area contributed by atoms with Gasteiger partial charge in [-0.3, -0.25) is 0 Å². The van der Waals surface area contributed by atoms with E-state index in [-0.39, 0.29) is 0 Å². The third-order valence-electron chi connectivity index (χ3n) is 2.39. The molecule has 0 aromatic carbocycles. The highest BCUT2D eigenvalue weighted by Gasteiger charge is 1.88. The smallest absolute Gasteiger partial charge is 0.0654 e. The Balaban J connectivity index is 3.54. The Kier molecular flexibility index (Phi) is 9.60. The second-order valence-corrected chi connectivity index (χ2v) is 4.14. The van der Waals surface area contributed by atoms with Gasteiger partial charge in [0.15, 0.2) is 0 Å². The molecule has 0 fully saturated rings. The average Bonchev–Trinajstić information content (AvgIpc) is 2.18. The summed E-state index contributed by atoms with van der Waals surface area (Å²) in [5, 5.41) is 0. The van der Waals surface area contributed by atoms with Crippen molar-refractivity contribution in [3.63, 3.8) is 0 Å². The van der Waals surface area contributed by atoms with Gasteiger partial charge in [-0.25, -0.2) is 0 Å². The van der Waals surface area contributed by atoms with Crippen LogP contribution in [0.25, 0.3) is 0 Å². The molecule has 0 saturated carbocycles. The molecular weight excluding hydrogens is 184 g/mol. The molecule has 15 heavy (non-hydrogen) atoms. The molecule has 0 unspecified atom stereocenters. The van der Waals surface area contributed by atoms with Crippen molar-refractivity contribution in [3.05, 3.63) is 23.3 Å². The zero-order valence-electron chi connectivity index (χ0n) is 10.8. The number of hydrogen-bond donors (Lipinski definition) is 0. The van der Waals surface area contributed by atoms with Crippen LogP contribution in [-0.4, -0.2) is 13.2 Å². The minimum Gasteiger partial charge on any atom is -0.373 e. The molecule has 88 valence electrons. The number of rotatable bonds is 8. The third kappa shape index (κ3) is 9.74. The Morgan fingerprint density at radius 1 is 0.867 bits per heavy atom. The Bertz CT molecular complexity index is 179. The molecule has 0 saturated heterocycles. The molecule has 0 atom stereocenters. The maximum absolute atomic E-state index is 5.51. The van der Waals surface area contributed by atoms with Crippen molar-refractivity contribution in [3.8, 4) is 0 Å². The van der Waals surface area contributed by atoms with Crippen molar-refractivity contribution >= 4 is 0 Å². The van der Waals surface area contributed by atoms with Crippen LogP contribution in [0.2, 0.25) is 0 Å². The van der Waals surface area contributed by atoms with Gasteiger partial charge in [-0.15, -0.1) is 0 Å². The number of hydrogen-bond acceptors (Lipinski definition) is 1. The maximum Gasteiger partial charge on any atom is 0.0654 e. The molecule has 0 radical (unpaired) electrons. The summed E-state index contributed by atoms with van der Waals surface area (Å²) < 4.78 is 5.51. The zero-order valence-corrected chi connectivity index (χ0v) is 10.8. The Morgan fingerprint density at radius 3 is 1.60 bits per heavy atom. The molecule has 1 heteroatoms. The van der Waals surface area contributed by atoms with E-state index in [1.165, 1.54) is 36.8 Å². The standard InChI is InChI=1S/C14H26O/c1-5-7-13(3)9-11-15-12-10-14(4)8-6-2/h9-10H,5-8,11-12H2,1-4H3/b13-9-,14-10+. The van der Waals surface area contributed by atoms with Gasteiger partial charge in [0.2, 0.25) is 0 Å². The van der Waals surface area contributed by atoms with Crippen LogP contribution in [0.4, 0.5) is 0 Å². The van der Waals surface area contributed by atoms with E-state index < -0.39 is 0 Å². The Hall–Kier alpha value is -0.560. The molecule has 0 aliphatic rings. The Labute approximate surface area is 95.2 Å². The van der Waals surface area contributed by atoms with Gasteiger partial charge in [-0.1, -0.05) is 50.0 Å². The van der Waals surface area contributed by atoms with E-state index in [0.717, 1.165) is 13.2 Å². The summed E-state index contributed by atoms with van der Waals surface area (Å²) in [6.45, 7) is 10.3. The summed E-state index contributed by atoms with van der Waals surface area (Å²) in [7, 11) is 0. The quantitative estimate of drug-likeness (QED) is 0.423. The summed E-state index contributed by atoms with van der Waals surface area (Å²) in [6, 6.07) is 0. The first-order chi connectivity index (χ1) is 7.20. The SMILES string of the molecule is CCC/C(C)=C\COC/C=C(\C)CCC. The first kappa shape index (κ1) is 14.4. The van der Waals surface area contributed by atoms with Crippen molar-refractivity contribution in [1.82, 2.24) is 0 Å². The van der Waals surface area contributed by atoms with Crippen LogP contribution in [0.15, 0.2) is 23.3 Å². The van der Waals surface area contributed by atoms with Crippen molar-refractivity contribution in [2.75, 3.05) is 13.2 Å². The van der Waals surface area contributed by atoms with Crippen LogP contribution in [0.5, 0.6) is 0 Å². The summed E-state index contributed by atoms with van der Waals surface area (Å²) in [5.41, 5.74) is 2.87. The number of allylic oxidation sites excluding steroid dienone is 2. The molecule has 0 bridgehead atoms. The van der Waals surface area contributed by atoms with Gasteiger partial charge in [0.1, 0.15) is 0 Å². The molecule has 0 aromatic heterocycles. The molecule has 0 heterocycles. The van der Waals surface area contributed by atoms with E-state index in [1.807, 2.05) is 0 Å². The monoisotopic (exact) mass is 210 g/mol. The van der Waals surface area contributed by atoms with E-state index in [0.29, 0.717) is 0 Å². The molecule has 1 nitrogen and oxygen atoms in total. The van der Waals surface area contributed by atoms with Gasteiger partial charge in [0, 0.05) is 0 Å². The fourth-order valence-corrected chi connectivity index (χ4v) is 1.46. The van der Waals surface area contributed by atoms with Crippen LogP contribution < -0.4 is 0 Å². The minimum absolute atomic E-state index is 0.752. The maximum atomic E-state index is 5.51. The largest absolute Gasteiger partial charge is 0.373 e. The highest BCUT2D eigenvalue weighted by molar-refractivity contribution is 4.99. The highest BCUT2D eigenvalue weighted by Crippen LogP contribution is 2.04. The second-order valence-electron chi connectivity index (χ2n) is 4.14. The van der Waals surface area contributed by atoms with Crippen molar-refractivity contribution in [1.29, 1.82) is 0 Å². The van der Waals surface area contributed by atoms with Crippen molar-refractivity contribution in [2.24, 2.45) is 0 Å². The van der Waals surface area contributed by atoms with Gasteiger partial charge in [-0.05, 0) is 26.7 Å². The van der Waals surface area contributed by atoms with Gasteiger partial charge < -0.3 is 4.74 Å². The van der Waals surface area contributed by atoms with E-state index in [9.17, 15) is 0 Å². The first-order valence-corrected chi connectivity index (χ1v) is 6.09. The van der Waals surface area contributed by atoms with Crippen LogP contribution in [0.1, 0.15) is 53.4 Å². The lowest BCUT2D eigenvalue weighted by atomic mass is 10.2. The fraction of sp³-hybridized carbons (Fsp3) is 0.714. The molecule has 0 aliphatic carbocycles. The average molecular weight is 210 g/mol. The molecule has 0 amide bonds. The second kappa shape index (κ2) is 9.97. The van der Waals surface area contributed by atoms with Gasteiger partial charge in [0.05, 0.1) is 13.2 Å². The summed E-state index contributed by atoms with van der Waals surface area (Å²) in [6.07, 6.45) is 9.19. The van der Waals surface area contributed by atoms with Gasteiger partial charge >= 0.3 is 0 Å². The molecule has 0 aromatic rings. The highest BCUT2D eigenvalue weighted by atomic mass is 16.5. The van der Waals surface area contributed by atoms with E-state index in [1.54, 1.807) is 0 Å². The van der Waals surface area contributed by atoms with Crippen LogP contribution in [-0.2, 0) is 4.74 Å². The zero-order chi connectivity index (χ0) is 11.5. The van der Waals surface area contributed by atoms with Crippen LogP contribution >= 0.6 is 0 Å². The number of ether oxygens (including phenoxy) is 1.